The van der Waals surface area contributed by atoms with E-state index in [1.54, 1.807) is 36.4 Å². The molecule has 1 aliphatic rings. The van der Waals surface area contributed by atoms with Crippen LogP contribution in [0.25, 0.3) is 0 Å². The van der Waals surface area contributed by atoms with Crippen LogP contribution in [0, 0.1) is 0 Å². The van der Waals surface area contributed by atoms with Gasteiger partial charge >= 0.3 is 5.97 Å². The highest BCUT2D eigenvalue weighted by Crippen LogP contribution is 2.31. The van der Waals surface area contributed by atoms with E-state index in [1.807, 2.05) is 0 Å². The van der Waals surface area contributed by atoms with Crippen LogP contribution in [0.5, 0.6) is 11.5 Å². The fraction of sp³-hybridized carbons (Fsp3) is 0.167. The van der Waals surface area contributed by atoms with E-state index in [4.69, 9.17) is 21.1 Å². The van der Waals surface area contributed by atoms with Crippen molar-refractivity contribution in [1.82, 2.24) is 0 Å². The number of fused-ring (bicyclic) bond motifs is 1. The summed E-state index contributed by atoms with van der Waals surface area (Å²) in [6, 6.07) is 11.1. The number of amides is 1. The number of ketones is 1. The van der Waals surface area contributed by atoms with Crippen molar-refractivity contribution in [1.29, 1.82) is 0 Å². The van der Waals surface area contributed by atoms with Gasteiger partial charge in [0.15, 0.2) is 12.4 Å². The summed E-state index contributed by atoms with van der Waals surface area (Å²) >= 11 is 5.77. The number of Topliss-reactive ketones (excluding diaryl/α,β-unsaturated/α-hetero) is 1. The van der Waals surface area contributed by atoms with Gasteiger partial charge in [-0.25, -0.2) is 0 Å². The third-order valence-corrected chi connectivity index (χ3v) is 3.79. The van der Waals surface area contributed by atoms with Crippen LogP contribution in [0.15, 0.2) is 42.5 Å². The lowest BCUT2D eigenvalue weighted by atomic mass is 10.1. The molecule has 1 aliphatic heterocycles. The minimum Gasteiger partial charge on any atom is -0.482 e. The number of nitrogens with one attached hydrogen (secondary N) is 1. The maximum atomic E-state index is 12.0. The number of esters is 1. The highest BCUT2D eigenvalue weighted by molar-refractivity contribution is 6.30. The monoisotopic (exact) mass is 359 g/mol. The maximum absolute atomic E-state index is 12.0. The zero-order valence-corrected chi connectivity index (χ0v) is 13.8. The van der Waals surface area contributed by atoms with Gasteiger partial charge in [-0.1, -0.05) is 11.6 Å². The molecule has 0 saturated carbocycles. The topological polar surface area (TPSA) is 81.7 Å². The summed E-state index contributed by atoms with van der Waals surface area (Å²) in [5.41, 5.74) is 0.935. The minimum absolute atomic E-state index is 0.0330. The molecule has 1 amide bonds. The average Bonchev–Trinajstić information content (AvgIpc) is 2.60. The van der Waals surface area contributed by atoms with Gasteiger partial charge in [-0.2, -0.15) is 0 Å². The summed E-state index contributed by atoms with van der Waals surface area (Å²) in [5.74, 6) is -0.194. The molecule has 0 aromatic heterocycles. The number of halogens is 1. The third kappa shape index (κ3) is 4.36. The number of hydrogen-bond acceptors (Lipinski definition) is 5. The first kappa shape index (κ1) is 17.0. The molecular weight excluding hydrogens is 346 g/mol. The SMILES string of the molecule is O=C1COc2ccc(OC(=O)CCC(=O)c3ccc(Cl)cc3)cc2N1. The van der Waals surface area contributed by atoms with Gasteiger partial charge in [0.1, 0.15) is 11.5 Å². The zero-order chi connectivity index (χ0) is 17.8. The van der Waals surface area contributed by atoms with Gasteiger partial charge in [-0.3, -0.25) is 14.4 Å². The van der Waals surface area contributed by atoms with E-state index < -0.39 is 5.97 Å². The zero-order valence-electron chi connectivity index (χ0n) is 13.1. The molecule has 0 radical (unpaired) electrons. The second-order valence-corrected chi connectivity index (χ2v) is 5.84. The molecule has 2 aromatic carbocycles. The molecule has 0 spiro atoms. The summed E-state index contributed by atoms with van der Waals surface area (Å²) in [6.45, 7) is -0.0427. The van der Waals surface area contributed by atoms with Crippen LogP contribution in [-0.4, -0.2) is 24.3 Å². The van der Waals surface area contributed by atoms with Crippen molar-refractivity contribution in [3.8, 4) is 11.5 Å². The van der Waals surface area contributed by atoms with Crippen LogP contribution in [0.4, 0.5) is 5.69 Å². The Bertz CT molecular complexity index is 832. The standard InChI is InChI=1S/C18H14ClNO5/c19-12-3-1-11(2-4-12)15(21)6-8-18(23)25-13-5-7-16-14(9-13)20-17(22)10-24-16/h1-5,7,9H,6,8,10H2,(H,20,22). The largest absolute Gasteiger partial charge is 0.482 e. The van der Waals surface area contributed by atoms with E-state index in [0.717, 1.165) is 0 Å². The van der Waals surface area contributed by atoms with E-state index in [0.29, 0.717) is 22.0 Å². The van der Waals surface area contributed by atoms with Gasteiger partial charge in [-0.05, 0) is 36.4 Å². The van der Waals surface area contributed by atoms with E-state index in [-0.39, 0.29) is 36.9 Å². The molecule has 0 aliphatic carbocycles. The quantitative estimate of drug-likeness (QED) is 0.503. The molecule has 2 aromatic rings. The van der Waals surface area contributed by atoms with Crippen molar-refractivity contribution in [3.05, 3.63) is 53.1 Å². The first-order chi connectivity index (χ1) is 12.0. The van der Waals surface area contributed by atoms with Crippen molar-refractivity contribution in [3.63, 3.8) is 0 Å². The van der Waals surface area contributed by atoms with Crippen LogP contribution < -0.4 is 14.8 Å². The lowest BCUT2D eigenvalue weighted by Crippen LogP contribution is -2.25. The van der Waals surface area contributed by atoms with Crippen LogP contribution in [0.1, 0.15) is 23.2 Å². The van der Waals surface area contributed by atoms with Gasteiger partial charge in [0.05, 0.1) is 12.1 Å². The summed E-state index contributed by atoms with van der Waals surface area (Å²) in [6.07, 6.45) is -0.0212. The molecular formula is C18H14ClNO5. The van der Waals surface area contributed by atoms with Gasteiger partial charge < -0.3 is 14.8 Å². The number of carbonyl (C=O) groups excluding carboxylic acids is 3. The number of ether oxygens (including phenoxy) is 2. The summed E-state index contributed by atoms with van der Waals surface area (Å²) < 4.78 is 10.4. The van der Waals surface area contributed by atoms with Crippen LogP contribution >= 0.6 is 11.6 Å². The fourth-order valence-electron chi connectivity index (χ4n) is 2.30. The number of carbonyl (C=O) groups is 3. The Labute approximate surface area is 148 Å². The summed E-state index contributed by atoms with van der Waals surface area (Å²) in [5, 5.41) is 3.17. The lowest BCUT2D eigenvalue weighted by molar-refractivity contribution is -0.134. The van der Waals surface area contributed by atoms with E-state index in [9.17, 15) is 14.4 Å². The Balaban J connectivity index is 1.56. The van der Waals surface area contributed by atoms with Gasteiger partial charge in [0.2, 0.25) is 0 Å². The predicted octanol–water partition coefficient (Wildman–Crippen LogP) is 3.24. The average molecular weight is 360 g/mol. The molecule has 25 heavy (non-hydrogen) atoms. The Morgan fingerprint density at radius 3 is 2.64 bits per heavy atom. The Morgan fingerprint density at radius 2 is 1.88 bits per heavy atom. The number of anilines is 1. The lowest BCUT2D eigenvalue weighted by Gasteiger charge is -2.18. The molecule has 128 valence electrons. The van der Waals surface area contributed by atoms with Crippen molar-refractivity contribution >= 4 is 34.9 Å². The highest BCUT2D eigenvalue weighted by atomic mass is 35.5. The summed E-state index contributed by atoms with van der Waals surface area (Å²) in [7, 11) is 0. The van der Waals surface area contributed by atoms with Crippen molar-refractivity contribution in [2.24, 2.45) is 0 Å². The van der Waals surface area contributed by atoms with E-state index in [2.05, 4.69) is 5.32 Å². The number of benzene rings is 2. The third-order valence-electron chi connectivity index (χ3n) is 3.54. The molecule has 7 heteroatoms. The molecule has 0 bridgehead atoms. The Hall–Kier alpha value is -2.86. The maximum Gasteiger partial charge on any atom is 0.311 e. The number of hydrogen-bond donors (Lipinski definition) is 1. The van der Waals surface area contributed by atoms with Gasteiger partial charge in [0.25, 0.3) is 5.91 Å². The molecule has 0 saturated heterocycles. The second-order valence-electron chi connectivity index (χ2n) is 5.40. The summed E-state index contributed by atoms with van der Waals surface area (Å²) in [4.78, 5) is 35.2. The first-order valence-corrected chi connectivity index (χ1v) is 7.95. The van der Waals surface area contributed by atoms with Crippen LogP contribution in [-0.2, 0) is 9.59 Å². The van der Waals surface area contributed by atoms with E-state index in [1.165, 1.54) is 6.07 Å². The molecule has 0 atom stereocenters. The van der Waals surface area contributed by atoms with Crippen molar-refractivity contribution in [2.45, 2.75) is 12.8 Å². The van der Waals surface area contributed by atoms with Gasteiger partial charge in [0, 0.05) is 23.1 Å². The second kappa shape index (κ2) is 7.36. The van der Waals surface area contributed by atoms with Crippen LogP contribution in [0.2, 0.25) is 5.02 Å². The first-order valence-electron chi connectivity index (χ1n) is 7.57. The van der Waals surface area contributed by atoms with Crippen molar-refractivity contribution in [2.75, 3.05) is 11.9 Å². The normalized spacial score (nSPS) is 12.6. The predicted molar refractivity (Wildman–Crippen MR) is 91.2 cm³/mol. The number of rotatable bonds is 5. The Morgan fingerprint density at radius 1 is 1.12 bits per heavy atom. The van der Waals surface area contributed by atoms with E-state index >= 15 is 0 Å². The molecule has 0 unspecified atom stereocenters. The molecule has 0 fully saturated rings. The molecule has 1 N–H and O–H groups in total. The fourth-order valence-corrected chi connectivity index (χ4v) is 2.43. The van der Waals surface area contributed by atoms with Crippen LogP contribution in [0.3, 0.4) is 0 Å². The molecule has 3 rings (SSSR count). The molecule has 1 heterocycles. The highest BCUT2D eigenvalue weighted by Gasteiger charge is 2.17. The Kier molecular flexibility index (Phi) is 5.00. The smallest absolute Gasteiger partial charge is 0.311 e. The minimum atomic E-state index is -0.537. The van der Waals surface area contributed by atoms with Crippen molar-refractivity contribution < 1.29 is 23.9 Å². The van der Waals surface area contributed by atoms with Gasteiger partial charge in [-0.15, -0.1) is 0 Å². The molecule has 6 nitrogen and oxygen atoms in total.